The lowest BCUT2D eigenvalue weighted by Gasteiger charge is -2.21. The summed E-state index contributed by atoms with van der Waals surface area (Å²) < 4.78 is 29.6. The van der Waals surface area contributed by atoms with Crippen molar-refractivity contribution in [3.8, 4) is 17.2 Å². The van der Waals surface area contributed by atoms with Gasteiger partial charge in [0, 0.05) is 5.56 Å². The van der Waals surface area contributed by atoms with Crippen molar-refractivity contribution in [3.63, 3.8) is 0 Å². The lowest BCUT2D eigenvalue weighted by atomic mass is 10.1. The molecule has 0 bridgehead atoms. The highest BCUT2D eigenvalue weighted by Gasteiger charge is 2.17. The summed E-state index contributed by atoms with van der Waals surface area (Å²) in [5.41, 5.74) is 1.11. The summed E-state index contributed by atoms with van der Waals surface area (Å²) in [5, 5.41) is 2.84. The van der Waals surface area contributed by atoms with Gasteiger partial charge in [-0.25, -0.2) is 4.39 Å². The number of ether oxygens (including phenoxy) is 3. The standard InChI is InChI=1S/C18H18FNO4/c1-11(12-3-6-16-17(10-12)24-8-7-23-16)20-18(21)13-4-5-15(22-2)14(19)9-13/h3-6,9-11H,7-8H2,1-2H3,(H,20,21). The number of rotatable bonds is 4. The van der Waals surface area contributed by atoms with Crippen molar-refractivity contribution in [2.45, 2.75) is 13.0 Å². The summed E-state index contributed by atoms with van der Waals surface area (Å²) in [4.78, 5) is 12.3. The molecule has 1 N–H and O–H groups in total. The quantitative estimate of drug-likeness (QED) is 0.935. The molecule has 0 aromatic heterocycles. The second-order valence-corrected chi connectivity index (χ2v) is 5.45. The Morgan fingerprint density at radius 3 is 2.62 bits per heavy atom. The van der Waals surface area contributed by atoms with Gasteiger partial charge in [-0.05, 0) is 42.8 Å². The molecule has 0 radical (unpaired) electrons. The van der Waals surface area contributed by atoms with Gasteiger partial charge >= 0.3 is 0 Å². The summed E-state index contributed by atoms with van der Waals surface area (Å²) in [6.07, 6.45) is 0. The average Bonchev–Trinajstić information content (AvgIpc) is 2.61. The maximum Gasteiger partial charge on any atom is 0.251 e. The van der Waals surface area contributed by atoms with Crippen LogP contribution in [-0.2, 0) is 0 Å². The molecule has 2 aromatic carbocycles. The van der Waals surface area contributed by atoms with E-state index in [1.165, 1.54) is 19.2 Å². The largest absolute Gasteiger partial charge is 0.494 e. The van der Waals surface area contributed by atoms with E-state index in [1.807, 2.05) is 25.1 Å². The summed E-state index contributed by atoms with van der Waals surface area (Å²) >= 11 is 0. The van der Waals surface area contributed by atoms with Gasteiger partial charge in [0.25, 0.3) is 5.91 Å². The normalized spacial score (nSPS) is 14.0. The Hall–Kier alpha value is -2.76. The Labute approximate surface area is 139 Å². The van der Waals surface area contributed by atoms with Gasteiger partial charge in [-0.15, -0.1) is 0 Å². The van der Waals surface area contributed by atoms with Crippen LogP contribution in [0.4, 0.5) is 4.39 Å². The van der Waals surface area contributed by atoms with Crippen LogP contribution in [0.25, 0.3) is 0 Å². The van der Waals surface area contributed by atoms with Crippen LogP contribution in [0, 0.1) is 5.82 Å². The third kappa shape index (κ3) is 3.27. The van der Waals surface area contributed by atoms with Gasteiger partial charge in [0.15, 0.2) is 23.1 Å². The predicted molar refractivity (Wildman–Crippen MR) is 86.3 cm³/mol. The lowest BCUT2D eigenvalue weighted by Crippen LogP contribution is -2.27. The van der Waals surface area contributed by atoms with E-state index < -0.39 is 5.82 Å². The zero-order valence-electron chi connectivity index (χ0n) is 13.5. The molecule has 1 heterocycles. The zero-order valence-corrected chi connectivity index (χ0v) is 13.5. The average molecular weight is 331 g/mol. The van der Waals surface area contributed by atoms with Crippen LogP contribution in [0.2, 0.25) is 0 Å². The van der Waals surface area contributed by atoms with Crippen molar-refractivity contribution in [2.75, 3.05) is 20.3 Å². The number of carbonyl (C=O) groups excluding carboxylic acids is 1. The van der Waals surface area contributed by atoms with Crippen LogP contribution in [0.15, 0.2) is 36.4 Å². The van der Waals surface area contributed by atoms with E-state index in [1.54, 1.807) is 0 Å². The topological polar surface area (TPSA) is 56.8 Å². The van der Waals surface area contributed by atoms with Crippen molar-refractivity contribution >= 4 is 5.91 Å². The van der Waals surface area contributed by atoms with E-state index in [0.29, 0.717) is 24.7 Å². The highest BCUT2D eigenvalue weighted by molar-refractivity contribution is 5.94. The van der Waals surface area contributed by atoms with Crippen molar-refractivity contribution in [1.29, 1.82) is 0 Å². The first-order valence-electron chi connectivity index (χ1n) is 7.62. The molecular weight excluding hydrogens is 313 g/mol. The number of nitrogens with one attached hydrogen (secondary N) is 1. The van der Waals surface area contributed by atoms with E-state index in [0.717, 1.165) is 11.6 Å². The maximum atomic E-state index is 13.7. The van der Waals surface area contributed by atoms with E-state index in [-0.39, 0.29) is 23.3 Å². The van der Waals surface area contributed by atoms with E-state index in [9.17, 15) is 9.18 Å². The molecule has 1 aliphatic heterocycles. The second kappa shape index (κ2) is 6.78. The smallest absolute Gasteiger partial charge is 0.251 e. The third-order valence-corrected chi connectivity index (χ3v) is 3.83. The molecule has 0 spiro atoms. The van der Waals surface area contributed by atoms with Gasteiger partial charge < -0.3 is 19.5 Å². The Bertz CT molecular complexity index is 763. The van der Waals surface area contributed by atoms with Gasteiger partial charge in [-0.1, -0.05) is 6.07 Å². The van der Waals surface area contributed by atoms with Crippen LogP contribution >= 0.6 is 0 Å². The minimum absolute atomic E-state index is 0.103. The van der Waals surface area contributed by atoms with Crippen LogP contribution in [0.1, 0.15) is 28.9 Å². The number of hydrogen-bond donors (Lipinski definition) is 1. The first kappa shape index (κ1) is 16.1. The summed E-state index contributed by atoms with van der Waals surface area (Å²) in [6, 6.07) is 9.37. The van der Waals surface area contributed by atoms with Gasteiger partial charge in [0.05, 0.1) is 13.2 Å². The monoisotopic (exact) mass is 331 g/mol. The zero-order chi connectivity index (χ0) is 17.1. The van der Waals surface area contributed by atoms with Crippen LogP contribution in [0.3, 0.4) is 0 Å². The highest BCUT2D eigenvalue weighted by Crippen LogP contribution is 2.32. The Balaban J connectivity index is 1.73. The van der Waals surface area contributed by atoms with E-state index >= 15 is 0 Å². The number of benzene rings is 2. The minimum Gasteiger partial charge on any atom is -0.494 e. The molecule has 3 rings (SSSR count). The molecule has 0 aliphatic carbocycles. The van der Waals surface area contributed by atoms with E-state index in [2.05, 4.69) is 5.32 Å². The van der Waals surface area contributed by atoms with E-state index in [4.69, 9.17) is 14.2 Å². The first-order valence-corrected chi connectivity index (χ1v) is 7.62. The molecule has 5 nitrogen and oxygen atoms in total. The third-order valence-electron chi connectivity index (χ3n) is 3.83. The molecule has 0 saturated carbocycles. The molecule has 2 aromatic rings. The lowest BCUT2D eigenvalue weighted by molar-refractivity contribution is 0.0939. The fourth-order valence-electron chi connectivity index (χ4n) is 2.50. The highest BCUT2D eigenvalue weighted by atomic mass is 19.1. The second-order valence-electron chi connectivity index (χ2n) is 5.45. The number of halogens is 1. The number of methoxy groups -OCH3 is 1. The van der Waals surface area contributed by atoms with Gasteiger partial charge in [-0.2, -0.15) is 0 Å². The molecule has 1 amide bonds. The first-order chi connectivity index (χ1) is 11.6. The van der Waals surface area contributed by atoms with Gasteiger partial charge in [0.2, 0.25) is 0 Å². The Morgan fingerprint density at radius 1 is 1.17 bits per heavy atom. The Kier molecular flexibility index (Phi) is 4.55. The number of hydrogen-bond acceptors (Lipinski definition) is 4. The van der Waals surface area contributed by atoms with Crippen LogP contribution in [0.5, 0.6) is 17.2 Å². The number of fused-ring (bicyclic) bond motifs is 1. The van der Waals surface area contributed by atoms with Crippen LogP contribution in [-0.4, -0.2) is 26.2 Å². The SMILES string of the molecule is COc1ccc(C(=O)NC(C)c2ccc3c(c2)OCCO3)cc1F. The fraction of sp³-hybridized carbons (Fsp3) is 0.278. The number of carbonyl (C=O) groups is 1. The van der Waals surface area contributed by atoms with Gasteiger partial charge in [0.1, 0.15) is 13.2 Å². The van der Waals surface area contributed by atoms with Crippen molar-refractivity contribution in [1.82, 2.24) is 5.32 Å². The molecule has 24 heavy (non-hydrogen) atoms. The van der Waals surface area contributed by atoms with Crippen molar-refractivity contribution in [2.24, 2.45) is 0 Å². The molecule has 1 atom stereocenters. The molecule has 1 aliphatic rings. The number of amides is 1. The molecule has 126 valence electrons. The van der Waals surface area contributed by atoms with Crippen molar-refractivity contribution in [3.05, 3.63) is 53.3 Å². The molecule has 1 unspecified atom stereocenters. The molecule has 0 fully saturated rings. The summed E-state index contributed by atoms with van der Waals surface area (Å²) in [5.74, 6) is 0.526. The Morgan fingerprint density at radius 2 is 1.92 bits per heavy atom. The fourth-order valence-corrected chi connectivity index (χ4v) is 2.50. The summed E-state index contributed by atoms with van der Waals surface area (Å²) in [6.45, 7) is 2.88. The maximum absolute atomic E-state index is 13.7. The molecule has 6 heteroatoms. The van der Waals surface area contributed by atoms with Gasteiger partial charge in [-0.3, -0.25) is 4.79 Å². The van der Waals surface area contributed by atoms with Crippen LogP contribution < -0.4 is 19.5 Å². The predicted octanol–water partition coefficient (Wildman–Crippen LogP) is 3.10. The molecule has 0 saturated heterocycles. The molecular formula is C18H18FNO4. The van der Waals surface area contributed by atoms with Crippen molar-refractivity contribution < 1.29 is 23.4 Å². The summed E-state index contributed by atoms with van der Waals surface area (Å²) in [7, 11) is 1.38. The minimum atomic E-state index is -0.572.